The van der Waals surface area contributed by atoms with Crippen molar-refractivity contribution in [3.8, 4) is 0 Å². The van der Waals surface area contributed by atoms with E-state index < -0.39 is 38.6 Å². The van der Waals surface area contributed by atoms with Crippen LogP contribution in [0.3, 0.4) is 0 Å². The first kappa shape index (κ1) is 23.6. The average molecular weight is 475 g/mol. The van der Waals surface area contributed by atoms with Crippen molar-refractivity contribution >= 4 is 33.2 Å². The van der Waals surface area contributed by atoms with Crippen molar-refractivity contribution in [3.05, 3.63) is 64.2 Å². The summed E-state index contributed by atoms with van der Waals surface area (Å²) in [6.07, 6.45) is -4.05. The Morgan fingerprint density at radius 2 is 1.84 bits per heavy atom. The fourth-order valence-corrected chi connectivity index (χ4v) is 5.34. The summed E-state index contributed by atoms with van der Waals surface area (Å²) in [4.78, 5) is 12.5. The van der Waals surface area contributed by atoms with Crippen LogP contribution in [0.15, 0.2) is 42.5 Å². The van der Waals surface area contributed by atoms with Crippen LogP contribution < -0.4 is 5.32 Å². The number of carbonyl (C=O) groups excluding carboxylic acids is 1. The molecule has 0 spiro atoms. The SMILES string of the molecule is Cc1cccc(CS(=O)(=O)N2CCC(C(=O)Nc3ccc(Cl)c(C(F)(F)F)c3)CC2)c1. The Bertz CT molecular complexity index is 1070. The van der Waals surface area contributed by atoms with Crippen LogP contribution in [0.5, 0.6) is 0 Å². The summed E-state index contributed by atoms with van der Waals surface area (Å²) in [5, 5.41) is 2.04. The number of rotatable bonds is 5. The molecule has 1 fully saturated rings. The predicted octanol–water partition coefficient (Wildman–Crippen LogP) is 4.85. The molecule has 0 atom stereocenters. The second kappa shape index (κ2) is 9.18. The van der Waals surface area contributed by atoms with E-state index in [4.69, 9.17) is 11.6 Å². The molecule has 1 saturated heterocycles. The van der Waals surface area contributed by atoms with Gasteiger partial charge in [0.15, 0.2) is 0 Å². The van der Waals surface area contributed by atoms with Crippen molar-refractivity contribution in [2.45, 2.75) is 31.7 Å². The smallest absolute Gasteiger partial charge is 0.326 e. The van der Waals surface area contributed by atoms with Crippen LogP contribution in [0.2, 0.25) is 5.02 Å². The third-order valence-corrected chi connectivity index (χ3v) is 7.37. The molecular formula is C21H22ClF3N2O3S. The molecule has 1 N–H and O–H groups in total. The molecule has 1 aliphatic heterocycles. The van der Waals surface area contributed by atoms with Crippen molar-refractivity contribution in [2.24, 2.45) is 5.92 Å². The lowest BCUT2D eigenvalue weighted by Crippen LogP contribution is -2.41. The van der Waals surface area contributed by atoms with Gasteiger partial charge in [-0.25, -0.2) is 12.7 Å². The Morgan fingerprint density at radius 1 is 1.16 bits per heavy atom. The molecule has 0 saturated carbocycles. The highest BCUT2D eigenvalue weighted by molar-refractivity contribution is 7.88. The molecule has 0 bridgehead atoms. The Morgan fingerprint density at radius 3 is 2.45 bits per heavy atom. The van der Waals surface area contributed by atoms with E-state index in [1.54, 1.807) is 12.1 Å². The van der Waals surface area contributed by atoms with E-state index in [1.807, 2.05) is 19.1 Å². The van der Waals surface area contributed by atoms with Crippen LogP contribution in [0.25, 0.3) is 0 Å². The number of alkyl halides is 3. The third kappa shape index (κ3) is 5.99. The Hall–Kier alpha value is -2.10. The highest BCUT2D eigenvalue weighted by atomic mass is 35.5. The van der Waals surface area contributed by atoms with Crippen molar-refractivity contribution in [1.29, 1.82) is 0 Å². The van der Waals surface area contributed by atoms with Crippen molar-refractivity contribution in [2.75, 3.05) is 18.4 Å². The third-order valence-electron chi connectivity index (χ3n) is 5.19. The molecule has 1 amide bonds. The van der Waals surface area contributed by atoms with Gasteiger partial charge in [-0.2, -0.15) is 13.2 Å². The minimum atomic E-state index is -4.63. The summed E-state index contributed by atoms with van der Waals surface area (Å²) in [6, 6.07) is 10.4. The minimum absolute atomic E-state index is 0.00350. The molecule has 10 heteroatoms. The van der Waals surface area contributed by atoms with Gasteiger partial charge in [0.2, 0.25) is 15.9 Å². The first-order valence-electron chi connectivity index (χ1n) is 9.67. The van der Waals surface area contributed by atoms with E-state index >= 15 is 0 Å². The second-order valence-corrected chi connectivity index (χ2v) is 9.98. The first-order chi connectivity index (χ1) is 14.5. The maximum Gasteiger partial charge on any atom is 0.417 e. The molecule has 2 aromatic carbocycles. The van der Waals surface area contributed by atoms with E-state index in [2.05, 4.69) is 5.32 Å². The average Bonchev–Trinajstić information content (AvgIpc) is 2.68. The van der Waals surface area contributed by atoms with E-state index in [0.717, 1.165) is 17.7 Å². The minimum Gasteiger partial charge on any atom is -0.326 e. The van der Waals surface area contributed by atoms with Gasteiger partial charge in [0.1, 0.15) is 0 Å². The fraction of sp³-hybridized carbons (Fsp3) is 0.381. The molecule has 0 radical (unpaired) electrons. The molecule has 3 rings (SSSR count). The number of carbonyl (C=O) groups is 1. The Kier molecular flexibility index (Phi) is 6.98. The number of halogens is 4. The highest BCUT2D eigenvalue weighted by Crippen LogP contribution is 2.36. The molecule has 1 heterocycles. The number of amides is 1. The van der Waals surface area contributed by atoms with Gasteiger partial charge in [-0.3, -0.25) is 4.79 Å². The van der Waals surface area contributed by atoms with E-state index in [-0.39, 0.29) is 24.5 Å². The fourth-order valence-electron chi connectivity index (χ4n) is 3.56. The zero-order chi connectivity index (χ0) is 22.8. The van der Waals surface area contributed by atoms with Gasteiger partial charge in [-0.05, 0) is 43.5 Å². The van der Waals surface area contributed by atoms with Crippen molar-refractivity contribution in [3.63, 3.8) is 0 Å². The maximum absolute atomic E-state index is 13.0. The molecule has 31 heavy (non-hydrogen) atoms. The first-order valence-corrected chi connectivity index (χ1v) is 11.7. The number of hydrogen-bond donors (Lipinski definition) is 1. The number of nitrogens with zero attached hydrogens (tertiary/aromatic N) is 1. The summed E-state index contributed by atoms with van der Waals surface area (Å²) in [6.45, 7) is 2.25. The number of sulfonamides is 1. The van der Waals surface area contributed by atoms with Crippen LogP contribution in [-0.2, 0) is 26.7 Å². The lowest BCUT2D eigenvalue weighted by Gasteiger charge is -2.30. The van der Waals surface area contributed by atoms with Gasteiger partial charge in [0, 0.05) is 24.7 Å². The van der Waals surface area contributed by atoms with Gasteiger partial charge in [0.05, 0.1) is 16.3 Å². The number of nitrogens with one attached hydrogen (secondary N) is 1. The zero-order valence-electron chi connectivity index (χ0n) is 16.7. The van der Waals surface area contributed by atoms with Crippen LogP contribution >= 0.6 is 11.6 Å². The summed E-state index contributed by atoms with van der Waals surface area (Å²) in [5.41, 5.74) is 0.641. The topological polar surface area (TPSA) is 66.5 Å². The molecule has 0 aliphatic carbocycles. The van der Waals surface area contributed by atoms with Crippen LogP contribution in [0, 0.1) is 12.8 Å². The standard InChI is InChI=1S/C21H22ClF3N2O3S/c1-14-3-2-4-15(11-14)13-31(29,30)27-9-7-16(8-10-27)20(28)26-17-5-6-19(22)18(12-17)21(23,24)25/h2-6,11-12,16H,7-10,13H2,1H3,(H,26,28). The van der Waals surface area contributed by atoms with Gasteiger partial charge in [-0.1, -0.05) is 41.4 Å². The lowest BCUT2D eigenvalue weighted by atomic mass is 9.97. The van der Waals surface area contributed by atoms with E-state index in [1.165, 1.54) is 10.4 Å². The van der Waals surface area contributed by atoms with Crippen molar-refractivity contribution < 1.29 is 26.4 Å². The number of hydrogen-bond acceptors (Lipinski definition) is 3. The summed E-state index contributed by atoms with van der Waals surface area (Å²) < 4.78 is 65.8. The number of benzene rings is 2. The summed E-state index contributed by atoms with van der Waals surface area (Å²) in [5.74, 6) is -1.04. The quantitative estimate of drug-likeness (QED) is 0.673. The Labute approximate surface area is 184 Å². The van der Waals surface area contributed by atoms with Crippen LogP contribution in [-0.4, -0.2) is 31.7 Å². The molecule has 1 aliphatic rings. The molecule has 0 aromatic heterocycles. The molecule has 0 unspecified atom stereocenters. The maximum atomic E-state index is 13.0. The summed E-state index contributed by atoms with van der Waals surface area (Å²) >= 11 is 5.60. The van der Waals surface area contributed by atoms with Crippen molar-refractivity contribution in [1.82, 2.24) is 4.31 Å². The van der Waals surface area contributed by atoms with Crippen LogP contribution in [0.1, 0.15) is 29.5 Å². The molecular weight excluding hydrogens is 453 g/mol. The van der Waals surface area contributed by atoms with Gasteiger partial charge >= 0.3 is 6.18 Å². The van der Waals surface area contributed by atoms with Gasteiger partial charge in [0.25, 0.3) is 0 Å². The molecule has 168 valence electrons. The lowest BCUT2D eigenvalue weighted by molar-refractivity contribution is -0.137. The highest BCUT2D eigenvalue weighted by Gasteiger charge is 2.34. The normalized spacial score (nSPS) is 16.3. The predicted molar refractivity (Wildman–Crippen MR) is 113 cm³/mol. The number of aryl methyl sites for hydroxylation is 1. The van der Waals surface area contributed by atoms with Gasteiger partial charge in [-0.15, -0.1) is 0 Å². The Balaban J connectivity index is 1.60. The second-order valence-electron chi connectivity index (χ2n) is 7.60. The number of piperidine rings is 1. The molecule has 2 aromatic rings. The van der Waals surface area contributed by atoms with E-state index in [0.29, 0.717) is 18.4 Å². The zero-order valence-corrected chi connectivity index (χ0v) is 18.3. The van der Waals surface area contributed by atoms with E-state index in [9.17, 15) is 26.4 Å². The van der Waals surface area contributed by atoms with Gasteiger partial charge < -0.3 is 5.32 Å². The molecule has 5 nitrogen and oxygen atoms in total. The monoisotopic (exact) mass is 474 g/mol. The summed E-state index contributed by atoms with van der Waals surface area (Å²) in [7, 11) is -3.53. The van der Waals surface area contributed by atoms with Crippen LogP contribution in [0.4, 0.5) is 18.9 Å². The number of anilines is 1. The largest absolute Gasteiger partial charge is 0.417 e.